The molecule has 7 heteroatoms. The first-order valence-electron chi connectivity index (χ1n) is 26.8. The Balaban J connectivity index is 0.984. The lowest BCUT2D eigenvalue weighted by molar-refractivity contribution is -0.00883. The molecule has 9 rings (SSSR count). The quantitative estimate of drug-likeness (QED) is 0.211. The zero-order chi connectivity index (χ0) is 48.1. The van der Waals surface area contributed by atoms with Crippen LogP contribution in [0.2, 0.25) is 0 Å². The van der Waals surface area contributed by atoms with Crippen molar-refractivity contribution >= 4 is 11.4 Å². The van der Waals surface area contributed by atoms with Crippen molar-refractivity contribution in [3.63, 3.8) is 0 Å². The number of likely N-dealkylation sites (tertiary alicyclic amines) is 2. The highest BCUT2D eigenvalue weighted by Gasteiger charge is 2.50. The summed E-state index contributed by atoms with van der Waals surface area (Å²) in [7, 11) is 2.27. The van der Waals surface area contributed by atoms with Gasteiger partial charge in [0.25, 0.3) is 0 Å². The first-order valence-corrected chi connectivity index (χ1v) is 26.8. The summed E-state index contributed by atoms with van der Waals surface area (Å²) in [5, 5.41) is 0. The summed E-state index contributed by atoms with van der Waals surface area (Å²) < 4.78 is 6.67. The van der Waals surface area contributed by atoms with Gasteiger partial charge >= 0.3 is 0 Å². The van der Waals surface area contributed by atoms with E-state index < -0.39 is 0 Å². The number of anilines is 2. The molecule has 2 unspecified atom stereocenters. The van der Waals surface area contributed by atoms with Crippen molar-refractivity contribution in [2.45, 2.75) is 211 Å². The van der Waals surface area contributed by atoms with Crippen LogP contribution >= 0.6 is 0 Å². The number of benzene rings is 3. The maximum absolute atomic E-state index is 6.67. The Hall–Kier alpha value is -3.10. The molecule has 0 amide bonds. The Kier molecular flexibility index (Phi) is 12.9. The predicted molar refractivity (Wildman–Crippen MR) is 284 cm³/mol. The minimum Gasteiger partial charge on any atom is -0.490 e. The van der Waals surface area contributed by atoms with Crippen molar-refractivity contribution < 1.29 is 4.74 Å². The van der Waals surface area contributed by atoms with E-state index in [0.717, 1.165) is 64.3 Å². The summed E-state index contributed by atoms with van der Waals surface area (Å²) in [6, 6.07) is 29.1. The van der Waals surface area contributed by atoms with E-state index in [-0.39, 0.29) is 32.9 Å². The van der Waals surface area contributed by atoms with Crippen molar-refractivity contribution in [1.29, 1.82) is 0 Å². The third kappa shape index (κ3) is 9.72. The van der Waals surface area contributed by atoms with Crippen LogP contribution in [0.4, 0.5) is 11.4 Å². The zero-order valence-corrected chi connectivity index (χ0v) is 45.0. The molecule has 0 aromatic heterocycles. The average Bonchev–Trinajstić information content (AvgIpc) is 4.03. The number of ether oxygens (including phenoxy) is 1. The van der Waals surface area contributed by atoms with Gasteiger partial charge in [-0.1, -0.05) is 84.9 Å². The molecular weight excluding hydrogens is 821 g/mol. The fourth-order valence-corrected chi connectivity index (χ4v) is 13.5. The summed E-state index contributed by atoms with van der Waals surface area (Å²) in [4.78, 5) is 16.6. The number of nitrogens with zero attached hydrogens (tertiary/aromatic N) is 6. The highest BCUT2D eigenvalue weighted by atomic mass is 16.5. The van der Waals surface area contributed by atoms with E-state index in [1.54, 1.807) is 5.56 Å². The van der Waals surface area contributed by atoms with Gasteiger partial charge in [0.1, 0.15) is 11.9 Å². The number of fused-ring (bicyclic) bond motifs is 4. The van der Waals surface area contributed by atoms with Crippen LogP contribution < -0.4 is 14.5 Å². The summed E-state index contributed by atoms with van der Waals surface area (Å²) in [5.74, 6) is 1.35. The van der Waals surface area contributed by atoms with Crippen molar-refractivity contribution in [2.24, 2.45) is 0 Å². The maximum Gasteiger partial charge on any atom is 0.119 e. The molecule has 5 atom stereocenters. The Morgan fingerprint density at radius 3 is 1.91 bits per heavy atom. The summed E-state index contributed by atoms with van der Waals surface area (Å²) in [6.45, 7) is 43.2. The minimum absolute atomic E-state index is 0.0612. The standard InChI is InChI=1S/C60H92N6O/c1-55(2,3)42-16-21-45(22-17-42)62-30-32-63(33-31-62)46-26-29-64(39-46)60(14)28-27-58(10,11)44-20-25-54(65-40-49-35-48(65)41-66(49)57(7,8)9)52(34-44)53(38-60)59(12,13)43-18-23-50(24-19-43)67-51-36-47(37-51)61(15)56(4,5)6/h16-25,34,46-49,51,53H,26-33,35-41H2,1-15H3/t46?,47?,48-,49-,51?,53?,60-/m1/s1. The van der Waals surface area contributed by atoms with Crippen LogP contribution in [0.5, 0.6) is 5.75 Å². The van der Waals surface area contributed by atoms with E-state index in [2.05, 4.69) is 200 Å². The lowest BCUT2D eigenvalue weighted by Gasteiger charge is -2.48. The van der Waals surface area contributed by atoms with E-state index in [1.165, 1.54) is 66.8 Å². The molecule has 0 radical (unpaired) electrons. The second-order valence-electron chi connectivity index (χ2n) is 27.0. The number of hydrogen-bond donors (Lipinski definition) is 0. The fourth-order valence-electron chi connectivity index (χ4n) is 13.5. The van der Waals surface area contributed by atoms with Gasteiger partial charge in [0.15, 0.2) is 0 Å². The monoisotopic (exact) mass is 913 g/mol. The van der Waals surface area contributed by atoms with Gasteiger partial charge in [-0.05, 0) is 162 Å². The largest absolute Gasteiger partial charge is 0.490 e. The van der Waals surface area contributed by atoms with Crippen LogP contribution in [0.1, 0.15) is 170 Å². The van der Waals surface area contributed by atoms with Gasteiger partial charge in [-0.2, -0.15) is 0 Å². The minimum atomic E-state index is -0.116. The van der Waals surface area contributed by atoms with Crippen LogP contribution in [0, 0.1) is 0 Å². The second-order valence-corrected chi connectivity index (χ2v) is 27.0. The summed E-state index contributed by atoms with van der Waals surface area (Å²) in [6.07, 6.45) is 8.59. The molecule has 0 N–H and O–H groups in total. The molecule has 6 aliphatic rings. The van der Waals surface area contributed by atoms with Crippen LogP contribution in [0.3, 0.4) is 0 Å². The Labute approximate surface area is 409 Å². The first-order chi connectivity index (χ1) is 31.3. The van der Waals surface area contributed by atoms with Gasteiger partial charge in [0.05, 0.1) is 0 Å². The zero-order valence-electron chi connectivity index (χ0n) is 45.0. The van der Waals surface area contributed by atoms with E-state index in [9.17, 15) is 0 Å². The third-order valence-electron chi connectivity index (χ3n) is 18.8. The average molecular weight is 913 g/mol. The molecule has 3 aromatic rings. The van der Waals surface area contributed by atoms with E-state index in [4.69, 9.17) is 4.74 Å². The smallest absolute Gasteiger partial charge is 0.119 e. The highest BCUT2D eigenvalue weighted by Crippen LogP contribution is 2.53. The first kappa shape index (κ1) is 48.9. The number of hydrogen-bond acceptors (Lipinski definition) is 7. The SMILES string of the molecule is CN(C1CC(Oc2ccc(C(C)(C)C3C[C@](C)(N4CCC(N5CCN(c6ccc(C(C)(C)C)cc6)CC5)C4)CCC(C)(C)c4ccc(N5C[C@H]6C[C@@H]5CN6C(C)(C)C)c3c4)cc2)C1)C(C)(C)C. The molecular formula is C60H92N6O. The van der Waals surface area contributed by atoms with Gasteiger partial charge in [-0.25, -0.2) is 0 Å². The van der Waals surface area contributed by atoms with Crippen LogP contribution in [-0.4, -0.2) is 126 Å². The molecule has 5 fully saturated rings. The molecule has 0 spiro atoms. The Morgan fingerprint density at radius 1 is 0.657 bits per heavy atom. The molecule has 2 aliphatic carbocycles. The fraction of sp³-hybridized carbons (Fsp3) is 0.700. The van der Waals surface area contributed by atoms with Crippen LogP contribution in [0.15, 0.2) is 66.7 Å². The van der Waals surface area contributed by atoms with Gasteiger partial charge in [0, 0.05) is 117 Å². The van der Waals surface area contributed by atoms with Crippen LogP contribution in [0.25, 0.3) is 0 Å². The van der Waals surface area contributed by atoms with Crippen molar-refractivity contribution in [2.75, 3.05) is 69.2 Å². The van der Waals surface area contributed by atoms with Crippen molar-refractivity contribution in [1.82, 2.24) is 19.6 Å². The molecule has 4 aliphatic heterocycles. The van der Waals surface area contributed by atoms with Gasteiger partial charge in [0.2, 0.25) is 0 Å². The molecule has 67 heavy (non-hydrogen) atoms. The van der Waals surface area contributed by atoms with Gasteiger partial charge in [-0.15, -0.1) is 0 Å². The molecule has 1 saturated carbocycles. The van der Waals surface area contributed by atoms with Gasteiger partial charge in [-0.3, -0.25) is 19.6 Å². The summed E-state index contributed by atoms with van der Waals surface area (Å²) >= 11 is 0. The van der Waals surface area contributed by atoms with Crippen LogP contribution in [-0.2, 0) is 16.2 Å². The van der Waals surface area contributed by atoms with Crippen molar-refractivity contribution in [3.8, 4) is 5.75 Å². The predicted octanol–water partition coefficient (Wildman–Crippen LogP) is 11.9. The van der Waals surface area contributed by atoms with E-state index >= 15 is 0 Å². The number of piperazine rings is 2. The molecule has 3 aromatic carbocycles. The number of rotatable bonds is 9. The maximum atomic E-state index is 6.67. The molecule has 4 bridgehead atoms. The molecule has 4 heterocycles. The summed E-state index contributed by atoms with van der Waals surface area (Å²) in [5.41, 5.74) is 9.42. The topological polar surface area (TPSA) is 28.7 Å². The molecule has 7 nitrogen and oxygen atoms in total. The lowest BCUT2D eigenvalue weighted by atomic mass is 9.65. The lowest BCUT2D eigenvalue weighted by Crippen LogP contribution is -2.54. The molecule has 4 saturated heterocycles. The Bertz CT molecular complexity index is 2180. The van der Waals surface area contributed by atoms with E-state index in [1.807, 2.05) is 0 Å². The second kappa shape index (κ2) is 17.6. The highest BCUT2D eigenvalue weighted by molar-refractivity contribution is 5.61. The normalized spacial score (nSPS) is 30.1. The van der Waals surface area contributed by atoms with E-state index in [0.29, 0.717) is 36.2 Å². The molecule has 368 valence electrons. The Morgan fingerprint density at radius 2 is 1.31 bits per heavy atom. The third-order valence-corrected chi connectivity index (χ3v) is 18.8. The van der Waals surface area contributed by atoms with Gasteiger partial charge < -0.3 is 14.5 Å². The van der Waals surface area contributed by atoms with Crippen molar-refractivity contribution in [3.05, 3.63) is 89.0 Å².